The molecule has 0 aromatic heterocycles. The van der Waals surface area contributed by atoms with Crippen LogP contribution in [0.25, 0.3) is 0 Å². The van der Waals surface area contributed by atoms with E-state index in [9.17, 15) is 13.2 Å². The van der Waals surface area contributed by atoms with Crippen LogP contribution >= 0.6 is 0 Å². The van der Waals surface area contributed by atoms with Gasteiger partial charge in [0, 0.05) is 26.2 Å². The highest BCUT2D eigenvalue weighted by molar-refractivity contribution is 7.89. The number of hydrogen-bond acceptors (Lipinski definition) is 4. The van der Waals surface area contributed by atoms with Gasteiger partial charge < -0.3 is 9.64 Å². The second-order valence-corrected chi connectivity index (χ2v) is 10.4. The van der Waals surface area contributed by atoms with Crippen LogP contribution in [0.3, 0.4) is 0 Å². The zero-order valence-electron chi connectivity index (χ0n) is 19.0. The number of ether oxygens (including phenoxy) is 1. The molecule has 0 radical (unpaired) electrons. The van der Waals surface area contributed by atoms with Gasteiger partial charge in [-0.3, -0.25) is 4.79 Å². The molecule has 0 saturated carbocycles. The van der Waals surface area contributed by atoms with E-state index in [-0.39, 0.29) is 24.9 Å². The lowest BCUT2D eigenvalue weighted by Gasteiger charge is -2.35. The van der Waals surface area contributed by atoms with Crippen molar-refractivity contribution in [3.8, 4) is 5.75 Å². The summed E-state index contributed by atoms with van der Waals surface area (Å²) in [6.07, 6.45) is -0.636. The van der Waals surface area contributed by atoms with Gasteiger partial charge in [0.2, 0.25) is 10.0 Å². The first-order chi connectivity index (χ1) is 14.6. The molecule has 7 heteroatoms. The molecule has 1 atom stereocenters. The Bertz CT molecular complexity index is 1040. The number of carbonyl (C=O) groups excluding carboxylic acids is 1. The standard InChI is InChI=1S/C24H32N2O4S/c1-17(2)22-8-6-7-9-23(22)30-20(5)24(27)25-12-14-26(15-13-25)31(28,29)21-11-10-18(3)19(4)16-21/h6-11,16-17,20H,12-15H2,1-5H3. The molecule has 1 aliphatic heterocycles. The van der Waals surface area contributed by atoms with Gasteiger partial charge in [0.1, 0.15) is 5.75 Å². The van der Waals surface area contributed by atoms with Crippen LogP contribution in [0, 0.1) is 13.8 Å². The number of carbonyl (C=O) groups is 1. The van der Waals surface area contributed by atoms with Crippen molar-refractivity contribution in [1.82, 2.24) is 9.21 Å². The van der Waals surface area contributed by atoms with Crippen LogP contribution in [-0.4, -0.2) is 55.8 Å². The Morgan fingerprint density at radius 1 is 0.935 bits per heavy atom. The van der Waals surface area contributed by atoms with E-state index in [4.69, 9.17) is 4.74 Å². The summed E-state index contributed by atoms with van der Waals surface area (Å²) in [7, 11) is -3.57. The topological polar surface area (TPSA) is 66.9 Å². The number of hydrogen-bond donors (Lipinski definition) is 0. The third-order valence-electron chi connectivity index (χ3n) is 5.86. The van der Waals surface area contributed by atoms with Crippen molar-refractivity contribution in [2.45, 2.75) is 51.5 Å². The summed E-state index contributed by atoms with van der Waals surface area (Å²) in [6, 6.07) is 12.9. The Balaban J connectivity index is 1.63. The number of aryl methyl sites for hydroxylation is 2. The molecule has 1 heterocycles. The molecule has 31 heavy (non-hydrogen) atoms. The van der Waals surface area contributed by atoms with Crippen LogP contribution in [-0.2, 0) is 14.8 Å². The number of piperazine rings is 1. The first-order valence-corrected chi connectivity index (χ1v) is 12.2. The zero-order valence-corrected chi connectivity index (χ0v) is 19.8. The van der Waals surface area contributed by atoms with E-state index >= 15 is 0 Å². The Hall–Kier alpha value is -2.38. The first kappa shape index (κ1) is 23.3. The van der Waals surface area contributed by atoms with Gasteiger partial charge in [-0.05, 0) is 61.6 Å². The van der Waals surface area contributed by atoms with Crippen LogP contribution in [0.2, 0.25) is 0 Å². The maximum Gasteiger partial charge on any atom is 0.263 e. The monoisotopic (exact) mass is 444 g/mol. The Morgan fingerprint density at radius 3 is 2.19 bits per heavy atom. The van der Waals surface area contributed by atoms with Crippen molar-refractivity contribution in [2.24, 2.45) is 0 Å². The molecule has 1 fully saturated rings. The quantitative estimate of drug-likeness (QED) is 0.681. The van der Waals surface area contributed by atoms with E-state index in [2.05, 4.69) is 13.8 Å². The Labute approximate surface area is 185 Å². The van der Waals surface area contributed by atoms with Crippen molar-refractivity contribution in [3.05, 3.63) is 59.2 Å². The van der Waals surface area contributed by atoms with Crippen molar-refractivity contribution in [2.75, 3.05) is 26.2 Å². The number of sulfonamides is 1. The molecule has 1 unspecified atom stereocenters. The molecule has 2 aromatic rings. The fraction of sp³-hybridized carbons (Fsp3) is 0.458. The largest absolute Gasteiger partial charge is 0.481 e. The SMILES string of the molecule is Cc1ccc(S(=O)(=O)N2CCN(C(=O)C(C)Oc3ccccc3C(C)C)CC2)cc1C. The third-order valence-corrected chi connectivity index (χ3v) is 7.75. The predicted molar refractivity (Wildman–Crippen MR) is 122 cm³/mol. The normalized spacial score (nSPS) is 16.4. The summed E-state index contributed by atoms with van der Waals surface area (Å²) in [5, 5.41) is 0. The molecule has 0 aliphatic carbocycles. The summed E-state index contributed by atoms with van der Waals surface area (Å²) in [4.78, 5) is 14.9. The Kier molecular flexibility index (Phi) is 7.06. The van der Waals surface area contributed by atoms with Gasteiger partial charge in [-0.1, -0.05) is 38.1 Å². The van der Waals surface area contributed by atoms with Gasteiger partial charge in [0.15, 0.2) is 6.10 Å². The van der Waals surface area contributed by atoms with Crippen LogP contribution < -0.4 is 4.74 Å². The average molecular weight is 445 g/mol. The molecule has 2 aromatic carbocycles. The minimum absolute atomic E-state index is 0.123. The smallest absolute Gasteiger partial charge is 0.263 e. The van der Waals surface area contributed by atoms with E-state index in [1.54, 1.807) is 24.0 Å². The highest BCUT2D eigenvalue weighted by Gasteiger charge is 2.32. The molecular weight excluding hydrogens is 412 g/mol. The van der Waals surface area contributed by atoms with E-state index < -0.39 is 16.1 Å². The fourth-order valence-corrected chi connectivity index (χ4v) is 5.24. The maximum atomic E-state index is 13.0. The van der Waals surface area contributed by atoms with Crippen molar-refractivity contribution in [1.29, 1.82) is 0 Å². The predicted octanol–water partition coefficient (Wildman–Crippen LogP) is 3.73. The molecule has 1 saturated heterocycles. The number of amides is 1. The van der Waals surface area contributed by atoms with E-state index in [1.807, 2.05) is 44.2 Å². The van der Waals surface area contributed by atoms with Crippen molar-refractivity contribution in [3.63, 3.8) is 0 Å². The lowest BCUT2D eigenvalue weighted by atomic mass is 10.0. The van der Waals surface area contributed by atoms with Crippen LogP contribution in [0.5, 0.6) is 5.75 Å². The van der Waals surface area contributed by atoms with E-state index in [0.717, 1.165) is 16.7 Å². The minimum atomic E-state index is -3.57. The summed E-state index contributed by atoms with van der Waals surface area (Å²) >= 11 is 0. The molecule has 0 bridgehead atoms. The Morgan fingerprint density at radius 2 is 1.58 bits per heavy atom. The van der Waals surface area contributed by atoms with Gasteiger partial charge in [-0.15, -0.1) is 0 Å². The lowest BCUT2D eigenvalue weighted by Crippen LogP contribution is -2.53. The summed E-state index contributed by atoms with van der Waals surface area (Å²) in [5.74, 6) is 0.883. The number of rotatable bonds is 6. The zero-order chi connectivity index (χ0) is 22.8. The molecule has 1 amide bonds. The molecule has 3 rings (SSSR count). The van der Waals surface area contributed by atoms with Gasteiger partial charge >= 0.3 is 0 Å². The van der Waals surface area contributed by atoms with Crippen LogP contribution in [0.1, 0.15) is 43.4 Å². The second-order valence-electron chi connectivity index (χ2n) is 8.43. The summed E-state index contributed by atoms with van der Waals surface area (Å²) < 4.78 is 33.4. The van der Waals surface area contributed by atoms with Gasteiger partial charge in [-0.25, -0.2) is 8.42 Å². The third kappa shape index (κ3) is 5.10. The molecule has 1 aliphatic rings. The average Bonchev–Trinajstić information content (AvgIpc) is 2.75. The highest BCUT2D eigenvalue weighted by Crippen LogP contribution is 2.27. The number of para-hydroxylation sites is 1. The summed E-state index contributed by atoms with van der Waals surface area (Å²) in [6.45, 7) is 11.0. The molecule has 0 spiro atoms. The molecular formula is C24H32N2O4S. The van der Waals surface area contributed by atoms with Gasteiger partial charge in [-0.2, -0.15) is 4.31 Å². The fourth-order valence-electron chi connectivity index (χ4n) is 3.74. The second kappa shape index (κ2) is 9.40. The molecule has 168 valence electrons. The maximum absolute atomic E-state index is 13.0. The lowest BCUT2D eigenvalue weighted by molar-refractivity contribution is -0.139. The highest BCUT2D eigenvalue weighted by atomic mass is 32.2. The van der Waals surface area contributed by atoms with Crippen molar-refractivity contribution < 1.29 is 17.9 Å². The van der Waals surface area contributed by atoms with E-state index in [1.165, 1.54) is 4.31 Å². The van der Waals surface area contributed by atoms with Crippen LogP contribution in [0.15, 0.2) is 47.4 Å². The summed E-state index contributed by atoms with van der Waals surface area (Å²) in [5.41, 5.74) is 3.07. The minimum Gasteiger partial charge on any atom is -0.481 e. The number of benzene rings is 2. The number of nitrogens with zero attached hydrogens (tertiary/aromatic N) is 2. The van der Waals surface area contributed by atoms with E-state index in [0.29, 0.717) is 23.7 Å². The molecule has 6 nitrogen and oxygen atoms in total. The first-order valence-electron chi connectivity index (χ1n) is 10.7. The van der Waals surface area contributed by atoms with Gasteiger partial charge in [0.05, 0.1) is 4.90 Å². The molecule has 0 N–H and O–H groups in total. The van der Waals surface area contributed by atoms with Crippen LogP contribution in [0.4, 0.5) is 0 Å². The van der Waals surface area contributed by atoms with Gasteiger partial charge in [0.25, 0.3) is 5.91 Å². The van der Waals surface area contributed by atoms with Crippen molar-refractivity contribution >= 4 is 15.9 Å².